The molecule has 0 saturated heterocycles. The smallest absolute Gasteiger partial charge is 0.279 e. The molecule has 5 rings (SSSR count). The van der Waals surface area contributed by atoms with Crippen molar-refractivity contribution in [3.8, 4) is 5.69 Å². The van der Waals surface area contributed by atoms with Crippen molar-refractivity contribution >= 4 is 27.6 Å². The topological polar surface area (TPSA) is 101 Å². The second kappa shape index (κ2) is 8.98. The van der Waals surface area contributed by atoms with E-state index in [9.17, 15) is 14.4 Å². The van der Waals surface area contributed by atoms with Crippen molar-refractivity contribution in [1.29, 1.82) is 0 Å². The number of amides is 1. The molecule has 0 unspecified atom stereocenters. The van der Waals surface area contributed by atoms with Crippen LogP contribution in [0.3, 0.4) is 0 Å². The highest BCUT2D eigenvalue weighted by Crippen LogP contribution is 2.19. The Morgan fingerprint density at radius 3 is 2.23 bits per heavy atom. The van der Waals surface area contributed by atoms with Crippen LogP contribution in [0.5, 0.6) is 0 Å². The summed E-state index contributed by atoms with van der Waals surface area (Å²) in [5, 5.41) is 5.86. The summed E-state index contributed by atoms with van der Waals surface area (Å²) in [7, 11) is 0. The number of fused-ring (bicyclic) bond motifs is 2. The normalized spacial score (nSPS) is 11.3. The highest BCUT2D eigenvalue weighted by Gasteiger charge is 2.25. The van der Waals surface area contributed by atoms with E-state index in [2.05, 4.69) is 15.1 Å². The maximum absolute atomic E-state index is 13.9. The molecule has 0 atom stereocenters. The highest BCUT2D eigenvalue weighted by atomic mass is 16.2. The number of aromatic amines is 1. The number of carbonyl (C=O) groups excluding carboxylic acids is 1. The molecule has 0 aliphatic carbocycles. The number of hydrogen-bond acceptors (Lipinski definition) is 5. The van der Waals surface area contributed by atoms with Gasteiger partial charge in [-0.2, -0.15) is 9.78 Å². The molecule has 35 heavy (non-hydrogen) atoms. The molecule has 1 N–H and O–H groups in total. The van der Waals surface area contributed by atoms with Gasteiger partial charge < -0.3 is 9.88 Å². The highest BCUT2D eigenvalue weighted by molar-refractivity contribution is 6.05. The van der Waals surface area contributed by atoms with Gasteiger partial charge in [-0.15, -0.1) is 0 Å². The van der Waals surface area contributed by atoms with Crippen LogP contribution in [0, 0.1) is 0 Å². The van der Waals surface area contributed by atoms with Crippen LogP contribution in [0.1, 0.15) is 30.2 Å². The molecule has 8 nitrogen and oxygen atoms in total. The quantitative estimate of drug-likeness (QED) is 0.427. The van der Waals surface area contributed by atoms with Crippen molar-refractivity contribution in [3.63, 3.8) is 0 Å². The first-order valence-electron chi connectivity index (χ1n) is 11.3. The minimum atomic E-state index is -0.364. The Balaban J connectivity index is 1.63. The summed E-state index contributed by atoms with van der Waals surface area (Å²) in [6.07, 6.45) is 0. The molecular formula is C27H23N5O3. The number of rotatable bonds is 5. The number of carbonyl (C=O) groups is 1. The number of nitrogens with one attached hydrogen (secondary N) is 1. The lowest BCUT2D eigenvalue weighted by molar-refractivity contribution is 0.0679. The molecule has 0 fully saturated rings. The van der Waals surface area contributed by atoms with Gasteiger partial charge in [-0.3, -0.25) is 14.4 Å². The lowest BCUT2D eigenvalue weighted by Crippen LogP contribution is -2.39. The van der Waals surface area contributed by atoms with Gasteiger partial charge in [0.25, 0.3) is 17.0 Å². The van der Waals surface area contributed by atoms with Crippen molar-refractivity contribution in [1.82, 2.24) is 24.6 Å². The fourth-order valence-corrected chi connectivity index (χ4v) is 4.09. The fraction of sp³-hybridized carbons (Fsp3) is 0.148. The van der Waals surface area contributed by atoms with Gasteiger partial charge in [0, 0.05) is 11.4 Å². The Morgan fingerprint density at radius 1 is 0.886 bits per heavy atom. The maximum Gasteiger partial charge on any atom is 0.279 e. The fourth-order valence-electron chi connectivity index (χ4n) is 4.09. The molecule has 8 heteroatoms. The van der Waals surface area contributed by atoms with Crippen molar-refractivity contribution in [2.75, 3.05) is 0 Å². The predicted molar refractivity (Wildman–Crippen MR) is 135 cm³/mol. The van der Waals surface area contributed by atoms with Gasteiger partial charge in [-0.25, -0.2) is 4.98 Å². The Labute approximate surface area is 200 Å². The number of benzene rings is 3. The molecule has 0 radical (unpaired) electrons. The van der Waals surface area contributed by atoms with Crippen molar-refractivity contribution in [2.24, 2.45) is 0 Å². The van der Waals surface area contributed by atoms with E-state index >= 15 is 0 Å². The summed E-state index contributed by atoms with van der Waals surface area (Å²) in [5.74, 6) is 0.00752. The largest absolute Gasteiger partial charge is 0.327 e. The summed E-state index contributed by atoms with van der Waals surface area (Å²) < 4.78 is 1.25. The van der Waals surface area contributed by atoms with Crippen molar-refractivity contribution in [2.45, 2.75) is 26.4 Å². The van der Waals surface area contributed by atoms with E-state index < -0.39 is 0 Å². The number of para-hydroxylation sites is 2. The van der Waals surface area contributed by atoms with Gasteiger partial charge in [-0.05, 0) is 44.2 Å². The first kappa shape index (κ1) is 22.2. The van der Waals surface area contributed by atoms with Gasteiger partial charge in [0.15, 0.2) is 5.69 Å². The Kier molecular flexibility index (Phi) is 5.70. The number of aromatic nitrogens is 4. The van der Waals surface area contributed by atoms with E-state index in [1.165, 1.54) is 4.68 Å². The average molecular weight is 466 g/mol. The summed E-state index contributed by atoms with van der Waals surface area (Å²) >= 11 is 0. The molecule has 2 aromatic heterocycles. The summed E-state index contributed by atoms with van der Waals surface area (Å²) in [4.78, 5) is 48.5. The first-order chi connectivity index (χ1) is 16.9. The molecule has 0 aliphatic heterocycles. The third-order valence-electron chi connectivity index (χ3n) is 5.87. The summed E-state index contributed by atoms with van der Waals surface area (Å²) in [6, 6.07) is 22.8. The van der Waals surface area contributed by atoms with Crippen LogP contribution in [0.15, 0.2) is 88.5 Å². The predicted octanol–water partition coefficient (Wildman–Crippen LogP) is 3.67. The Bertz CT molecular complexity index is 1670. The van der Waals surface area contributed by atoms with Crippen molar-refractivity contribution in [3.05, 3.63) is 111 Å². The molecule has 0 bridgehead atoms. The van der Waals surface area contributed by atoms with Crippen LogP contribution < -0.4 is 11.1 Å². The number of hydrogen-bond donors (Lipinski definition) is 1. The standard InChI is InChI=1S/C27H23N5O3/c1-17(2)31(16-23-28-22-15-9-8-14-21(22)25(33)29-23)27(35)24-19-12-6-7-13-20(19)26(34)32(30-24)18-10-4-3-5-11-18/h3-15,17H,16H2,1-2H3,(H,28,29,33). The van der Waals surface area contributed by atoms with Crippen LogP contribution in [0.2, 0.25) is 0 Å². The number of nitrogens with zero attached hydrogens (tertiary/aromatic N) is 4. The Hall–Kier alpha value is -4.59. The first-order valence-corrected chi connectivity index (χ1v) is 11.3. The van der Waals surface area contributed by atoms with Gasteiger partial charge in [0.05, 0.1) is 28.5 Å². The zero-order valence-corrected chi connectivity index (χ0v) is 19.3. The van der Waals surface area contributed by atoms with Crippen LogP contribution in [-0.2, 0) is 6.54 Å². The second-order valence-corrected chi connectivity index (χ2v) is 8.50. The van der Waals surface area contributed by atoms with Crippen LogP contribution in [0.4, 0.5) is 0 Å². The SMILES string of the molecule is CC(C)N(Cc1nc2ccccc2c(=O)[nH]1)C(=O)c1nn(-c2ccccc2)c(=O)c2ccccc12. The third-order valence-corrected chi connectivity index (χ3v) is 5.87. The maximum atomic E-state index is 13.9. The van der Waals surface area contributed by atoms with Gasteiger partial charge in [0.1, 0.15) is 5.82 Å². The van der Waals surface area contributed by atoms with E-state index in [1.54, 1.807) is 59.5 Å². The van der Waals surface area contributed by atoms with Gasteiger partial charge >= 0.3 is 0 Å². The van der Waals surface area contributed by atoms with Crippen LogP contribution in [0.25, 0.3) is 27.4 Å². The molecule has 0 saturated carbocycles. The van der Waals surface area contributed by atoms with Crippen LogP contribution >= 0.6 is 0 Å². The molecule has 5 aromatic rings. The van der Waals surface area contributed by atoms with E-state index in [1.807, 2.05) is 38.1 Å². The minimum Gasteiger partial charge on any atom is -0.327 e. The van der Waals surface area contributed by atoms with Crippen LogP contribution in [-0.4, -0.2) is 36.6 Å². The molecule has 3 aromatic carbocycles. The molecule has 0 spiro atoms. The summed E-state index contributed by atoms with van der Waals surface area (Å²) in [6.45, 7) is 3.84. The molecular weight excluding hydrogens is 442 g/mol. The lowest BCUT2D eigenvalue weighted by atomic mass is 10.1. The lowest BCUT2D eigenvalue weighted by Gasteiger charge is -2.26. The summed E-state index contributed by atoms with van der Waals surface area (Å²) in [5.41, 5.74) is 0.710. The van der Waals surface area contributed by atoms with Crippen molar-refractivity contribution < 1.29 is 4.79 Å². The Morgan fingerprint density at radius 2 is 1.51 bits per heavy atom. The third kappa shape index (κ3) is 4.10. The van der Waals surface area contributed by atoms with E-state index in [4.69, 9.17) is 0 Å². The molecule has 0 aliphatic rings. The minimum absolute atomic E-state index is 0.0804. The van der Waals surface area contributed by atoms with E-state index in [0.29, 0.717) is 33.2 Å². The zero-order chi connectivity index (χ0) is 24.5. The van der Waals surface area contributed by atoms with E-state index in [0.717, 1.165) is 0 Å². The number of H-pyrrole nitrogens is 1. The molecule has 2 heterocycles. The van der Waals surface area contributed by atoms with Gasteiger partial charge in [0.2, 0.25) is 0 Å². The average Bonchev–Trinajstić information content (AvgIpc) is 2.88. The molecule has 174 valence electrons. The van der Waals surface area contributed by atoms with E-state index in [-0.39, 0.29) is 35.3 Å². The van der Waals surface area contributed by atoms with Gasteiger partial charge in [-0.1, -0.05) is 48.5 Å². The monoisotopic (exact) mass is 465 g/mol. The second-order valence-electron chi connectivity index (χ2n) is 8.50. The zero-order valence-electron chi connectivity index (χ0n) is 19.3. The molecule has 1 amide bonds.